The van der Waals surface area contributed by atoms with Crippen molar-refractivity contribution in [1.82, 2.24) is 0 Å². The van der Waals surface area contributed by atoms with Gasteiger partial charge in [0.25, 0.3) is 0 Å². The number of ether oxygens (including phenoxy) is 2. The molecule has 1 rings (SSSR count). The predicted octanol–water partition coefficient (Wildman–Crippen LogP) is 0.907. The number of rotatable bonds is 2. The molecule has 0 aromatic rings. The molecule has 0 aliphatic carbocycles. The molecule has 0 spiro atoms. The van der Waals surface area contributed by atoms with Crippen LogP contribution in [0.25, 0.3) is 0 Å². The largest absolute Gasteiger partial charge is 0.352 e. The van der Waals surface area contributed by atoms with Crippen molar-refractivity contribution in [3.05, 3.63) is 0 Å². The summed E-state index contributed by atoms with van der Waals surface area (Å²) in [5, 5.41) is 0. The molecule has 1 aliphatic heterocycles. The topological polar surface area (TPSA) is 35.5 Å². The summed E-state index contributed by atoms with van der Waals surface area (Å²) in [6.07, 6.45) is 0.795. The summed E-state index contributed by atoms with van der Waals surface area (Å²) in [4.78, 5) is 0. The van der Waals surface area contributed by atoms with Crippen molar-refractivity contribution < 1.29 is 13.7 Å². The maximum Gasteiger partial charge on any atom is 0.158 e. The van der Waals surface area contributed by atoms with Gasteiger partial charge in [0.1, 0.15) is 0 Å². The van der Waals surface area contributed by atoms with Gasteiger partial charge in [0.15, 0.2) is 6.29 Å². The molecule has 3 nitrogen and oxygen atoms in total. The van der Waals surface area contributed by atoms with Crippen LogP contribution in [-0.2, 0) is 20.3 Å². The molecular weight excluding hydrogens is 176 g/mol. The van der Waals surface area contributed by atoms with Gasteiger partial charge in [0.05, 0.1) is 12.7 Å². The monoisotopic (exact) mass is 192 g/mol. The summed E-state index contributed by atoms with van der Waals surface area (Å²) in [6.45, 7) is 4.51. The first-order valence-electron chi connectivity index (χ1n) is 4.30. The number of hydrogen-bond acceptors (Lipinski definition) is 3. The maximum atomic E-state index is 11.1. The van der Waals surface area contributed by atoms with Crippen LogP contribution < -0.4 is 0 Å². The van der Waals surface area contributed by atoms with Crippen LogP contribution in [0.15, 0.2) is 0 Å². The highest BCUT2D eigenvalue weighted by Crippen LogP contribution is 2.09. The van der Waals surface area contributed by atoms with Crippen molar-refractivity contribution in [1.29, 1.82) is 0 Å². The zero-order valence-corrected chi connectivity index (χ0v) is 8.43. The minimum atomic E-state index is -0.698. The van der Waals surface area contributed by atoms with Crippen molar-refractivity contribution in [2.45, 2.75) is 32.7 Å². The summed E-state index contributed by atoms with van der Waals surface area (Å²) in [5.41, 5.74) is 0. The Morgan fingerprint density at radius 2 is 2.25 bits per heavy atom. The molecule has 0 aromatic heterocycles. The molecule has 1 fully saturated rings. The highest BCUT2D eigenvalue weighted by atomic mass is 32.2. The molecule has 0 N–H and O–H groups in total. The van der Waals surface area contributed by atoms with Gasteiger partial charge >= 0.3 is 0 Å². The molecule has 0 bridgehead atoms. The first-order chi connectivity index (χ1) is 5.68. The summed E-state index contributed by atoms with van der Waals surface area (Å²) >= 11 is 0. The molecule has 4 heteroatoms. The summed E-state index contributed by atoms with van der Waals surface area (Å²) in [7, 11) is -0.698. The standard InChI is InChI=1S/C8H16O3S/c1-7(2)11-8-3-5-12(9)6-4-10-8/h7-8H,3-6H2,1-2H3/t8-,12?/m1/s1. The Balaban J connectivity index is 2.30. The Morgan fingerprint density at radius 3 is 2.92 bits per heavy atom. The van der Waals surface area contributed by atoms with Gasteiger partial charge < -0.3 is 9.47 Å². The first-order valence-corrected chi connectivity index (χ1v) is 5.79. The van der Waals surface area contributed by atoms with Crippen molar-refractivity contribution in [3.63, 3.8) is 0 Å². The van der Waals surface area contributed by atoms with Gasteiger partial charge in [0, 0.05) is 28.7 Å². The minimum absolute atomic E-state index is 0.142. The first kappa shape index (κ1) is 10.2. The Labute approximate surface area is 75.9 Å². The van der Waals surface area contributed by atoms with E-state index in [1.54, 1.807) is 0 Å². The van der Waals surface area contributed by atoms with Crippen LogP contribution in [0, 0.1) is 0 Å². The zero-order chi connectivity index (χ0) is 8.97. The fourth-order valence-corrected chi connectivity index (χ4v) is 2.04. The van der Waals surface area contributed by atoms with E-state index in [1.807, 2.05) is 13.8 Å². The molecule has 72 valence electrons. The third-order valence-corrected chi connectivity index (χ3v) is 2.93. The smallest absolute Gasteiger partial charge is 0.158 e. The van der Waals surface area contributed by atoms with Crippen LogP contribution in [0.2, 0.25) is 0 Å². The van der Waals surface area contributed by atoms with Gasteiger partial charge in [-0.05, 0) is 13.8 Å². The molecule has 1 unspecified atom stereocenters. The SMILES string of the molecule is CC(C)O[C@@H]1CCS(=O)CCO1. The molecule has 0 saturated carbocycles. The Morgan fingerprint density at radius 1 is 1.50 bits per heavy atom. The van der Waals surface area contributed by atoms with Gasteiger partial charge in [-0.25, -0.2) is 0 Å². The van der Waals surface area contributed by atoms with Gasteiger partial charge in [-0.15, -0.1) is 0 Å². The lowest BCUT2D eigenvalue weighted by Crippen LogP contribution is -2.21. The fraction of sp³-hybridized carbons (Fsp3) is 1.00. The Bertz CT molecular complexity index is 158. The summed E-state index contributed by atoms with van der Waals surface area (Å²) in [5.74, 6) is 1.36. The fourth-order valence-electron chi connectivity index (χ4n) is 1.10. The van der Waals surface area contributed by atoms with Gasteiger partial charge in [0.2, 0.25) is 0 Å². The van der Waals surface area contributed by atoms with E-state index in [2.05, 4.69) is 0 Å². The molecule has 1 saturated heterocycles. The average Bonchev–Trinajstić information content (AvgIpc) is 2.15. The molecular formula is C8H16O3S. The molecule has 0 radical (unpaired) electrons. The molecule has 1 heterocycles. The normalized spacial score (nSPS) is 31.9. The Hall–Kier alpha value is 0.0700. The van der Waals surface area contributed by atoms with Crippen LogP contribution in [0.4, 0.5) is 0 Å². The number of hydrogen-bond donors (Lipinski definition) is 0. The average molecular weight is 192 g/mol. The quantitative estimate of drug-likeness (QED) is 0.652. The summed E-state index contributed by atoms with van der Waals surface area (Å²) < 4.78 is 21.9. The second-order valence-corrected chi connectivity index (χ2v) is 4.82. The van der Waals surface area contributed by atoms with Crippen molar-refractivity contribution >= 4 is 10.8 Å². The van der Waals surface area contributed by atoms with Crippen LogP contribution in [0.1, 0.15) is 20.3 Å². The zero-order valence-electron chi connectivity index (χ0n) is 7.62. The van der Waals surface area contributed by atoms with Crippen molar-refractivity contribution in [3.8, 4) is 0 Å². The van der Waals surface area contributed by atoms with Crippen molar-refractivity contribution in [2.75, 3.05) is 18.1 Å². The van der Waals surface area contributed by atoms with E-state index < -0.39 is 10.8 Å². The molecule has 0 amide bonds. The molecule has 2 atom stereocenters. The lowest BCUT2D eigenvalue weighted by Gasteiger charge is -2.17. The van der Waals surface area contributed by atoms with Crippen molar-refractivity contribution in [2.24, 2.45) is 0 Å². The predicted molar refractivity (Wildman–Crippen MR) is 48.5 cm³/mol. The molecule has 1 aliphatic rings. The van der Waals surface area contributed by atoms with E-state index >= 15 is 0 Å². The van der Waals surface area contributed by atoms with E-state index in [4.69, 9.17) is 9.47 Å². The Kier molecular flexibility index (Phi) is 4.18. The third-order valence-electron chi connectivity index (χ3n) is 1.62. The van der Waals surface area contributed by atoms with Crippen LogP contribution in [0.3, 0.4) is 0 Å². The highest BCUT2D eigenvalue weighted by molar-refractivity contribution is 7.85. The van der Waals surface area contributed by atoms with E-state index in [1.165, 1.54) is 0 Å². The van der Waals surface area contributed by atoms with E-state index in [0.29, 0.717) is 18.1 Å². The lowest BCUT2D eigenvalue weighted by molar-refractivity contribution is -0.158. The van der Waals surface area contributed by atoms with Gasteiger partial charge in [-0.2, -0.15) is 0 Å². The van der Waals surface area contributed by atoms with Crippen LogP contribution in [0.5, 0.6) is 0 Å². The van der Waals surface area contributed by atoms with Gasteiger partial charge in [-0.3, -0.25) is 4.21 Å². The third kappa shape index (κ3) is 3.65. The molecule has 12 heavy (non-hydrogen) atoms. The second kappa shape index (κ2) is 4.94. The maximum absolute atomic E-state index is 11.1. The van der Waals surface area contributed by atoms with Crippen LogP contribution >= 0.6 is 0 Å². The van der Waals surface area contributed by atoms with Gasteiger partial charge in [-0.1, -0.05) is 0 Å². The van der Waals surface area contributed by atoms with E-state index in [-0.39, 0.29) is 12.4 Å². The highest BCUT2D eigenvalue weighted by Gasteiger charge is 2.17. The second-order valence-electron chi connectivity index (χ2n) is 3.12. The van der Waals surface area contributed by atoms with E-state index in [9.17, 15) is 4.21 Å². The van der Waals surface area contributed by atoms with E-state index in [0.717, 1.165) is 6.42 Å². The summed E-state index contributed by atoms with van der Waals surface area (Å²) in [6, 6.07) is 0. The molecule has 0 aromatic carbocycles. The van der Waals surface area contributed by atoms with Crippen LogP contribution in [-0.4, -0.2) is 34.7 Å². The minimum Gasteiger partial charge on any atom is -0.352 e. The lowest BCUT2D eigenvalue weighted by atomic mass is 10.4.